The first-order valence-corrected chi connectivity index (χ1v) is 7.35. The van der Waals surface area contributed by atoms with Gasteiger partial charge in [0.15, 0.2) is 0 Å². The summed E-state index contributed by atoms with van der Waals surface area (Å²) in [6.45, 7) is 2.13. The highest BCUT2D eigenvalue weighted by molar-refractivity contribution is 6.31. The fourth-order valence-corrected chi connectivity index (χ4v) is 2.49. The molecular formula is C17H21ClN2O. The molecule has 0 heterocycles. The fraction of sp³-hybridized carbons (Fsp3) is 0.294. The number of anilines is 2. The Labute approximate surface area is 131 Å². The highest BCUT2D eigenvalue weighted by Gasteiger charge is 2.09. The summed E-state index contributed by atoms with van der Waals surface area (Å²) in [5.74, 6) is 0.295. The molecular weight excluding hydrogens is 284 g/mol. The Morgan fingerprint density at radius 2 is 1.81 bits per heavy atom. The molecule has 0 saturated carbocycles. The summed E-state index contributed by atoms with van der Waals surface area (Å²) in [7, 11) is 4.03. The minimum atomic E-state index is 0.256. The van der Waals surface area contributed by atoms with E-state index in [2.05, 4.69) is 17.1 Å². The minimum absolute atomic E-state index is 0.256. The molecule has 0 aliphatic carbocycles. The van der Waals surface area contributed by atoms with Crippen LogP contribution in [0.1, 0.15) is 12.5 Å². The van der Waals surface area contributed by atoms with Crippen LogP contribution in [0.3, 0.4) is 0 Å². The van der Waals surface area contributed by atoms with Crippen LogP contribution in [0.4, 0.5) is 11.4 Å². The van der Waals surface area contributed by atoms with E-state index in [0.29, 0.717) is 5.75 Å². The second-order valence-corrected chi connectivity index (χ2v) is 5.91. The Morgan fingerprint density at radius 3 is 2.43 bits per heavy atom. The van der Waals surface area contributed by atoms with Crippen LogP contribution in [-0.4, -0.2) is 25.2 Å². The van der Waals surface area contributed by atoms with Crippen LogP contribution < -0.4 is 10.2 Å². The number of nitrogens with one attached hydrogen (secondary N) is 1. The summed E-state index contributed by atoms with van der Waals surface area (Å²) >= 11 is 6.10. The number of phenols is 1. The normalized spacial score (nSPS) is 12.0. The molecule has 4 heteroatoms. The van der Waals surface area contributed by atoms with Gasteiger partial charge in [0.25, 0.3) is 0 Å². The van der Waals surface area contributed by atoms with Gasteiger partial charge in [-0.25, -0.2) is 0 Å². The van der Waals surface area contributed by atoms with Crippen molar-refractivity contribution in [3.63, 3.8) is 0 Å². The molecule has 0 aliphatic heterocycles. The van der Waals surface area contributed by atoms with Crippen molar-refractivity contribution in [3.8, 4) is 5.75 Å². The first-order chi connectivity index (χ1) is 9.95. The van der Waals surface area contributed by atoms with Gasteiger partial charge in [0.1, 0.15) is 5.75 Å². The van der Waals surface area contributed by atoms with E-state index < -0.39 is 0 Å². The van der Waals surface area contributed by atoms with Gasteiger partial charge in [0.05, 0.1) is 11.4 Å². The van der Waals surface area contributed by atoms with E-state index in [-0.39, 0.29) is 6.04 Å². The third-order valence-electron chi connectivity index (χ3n) is 3.32. The highest BCUT2D eigenvalue weighted by atomic mass is 35.5. The zero-order chi connectivity index (χ0) is 15.4. The molecule has 0 aliphatic rings. The third kappa shape index (κ3) is 4.30. The zero-order valence-corrected chi connectivity index (χ0v) is 13.4. The molecule has 0 saturated heterocycles. The number of hydrogen-bond acceptors (Lipinski definition) is 3. The Balaban J connectivity index is 2.10. The van der Waals surface area contributed by atoms with Gasteiger partial charge < -0.3 is 15.3 Å². The van der Waals surface area contributed by atoms with Crippen molar-refractivity contribution >= 4 is 23.0 Å². The zero-order valence-electron chi connectivity index (χ0n) is 12.6. The van der Waals surface area contributed by atoms with Crippen molar-refractivity contribution in [3.05, 3.63) is 53.1 Å². The third-order valence-corrected chi connectivity index (χ3v) is 3.56. The maximum Gasteiger partial charge on any atom is 0.115 e. The second-order valence-electron chi connectivity index (χ2n) is 5.47. The summed E-state index contributed by atoms with van der Waals surface area (Å²) in [4.78, 5) is 2.06. The van der Waals surface area contributed by atoms with Crippen molar-refractivity contribution in [1.82, 2.24) is 0 Å². The Bertz CT molecular complexity index is 596. The van der Waals surface area contributed by atoms with Crippen molar-refractivity contribution in [1.29, 1.82) is 0 Å². The van der Waals surface area contributed by atoms with Gasteiger partial charge in [-0.1, -0.05) is 23.7 Å². The van der Waals surface area contributed by atoms with Gasteiger partial charge in [0, 0.05) is 25.2 Å². The quantitative estimate of drug-likeness (QED) is 0.871. The second kappa shape index (κ2) is 6.72. The minimum Gasteiger partial charge on any atom is -0.508 e. The molecule has 3 nitrogen and oxygen atoms in total. The smallest absolute Gasteiger partial charge is 0.115 e. The molecule has 0 fully saturated rings. The van der Waals surface area contributed by atoms with Crippen molar-refractivity contribution in [2.24, 2.45) is 0 Å². The summed E-state index contributed by atoms with van der Waals surface area (Å²) in [5.41, 5.74) is 3.32. The van der Waals surface area contributed by atoms with Crippen molar-refractivity contribution in [2.75, 3.05) is 24.3 Å². The summed E-state index contributed by atoms with van der Waals surface area (Å²) < 4.78 is 0. The predicted molar refractivity (Wildman–Crippen MR) is 90.7 cm³/mol. The highest BCUT2D eigenvalue weighted by Crippen LogP contribution is 2.28. The van der Waals surface area contributed by atoms with Crippen LogP contribution in [0, 0.1) is 0 Å². The van der Waals surface area contributed by atoms with Gasteiger partial charge in [-0.15, -0.1) is 0 Å². The molecule has 1 atom stereocenters. The van der Waals surface area contributed by atoms with E-state index in [1.807, 2.05) is 44.4 Å². The standard InChI is InChI=1S/C17H21ClN2O/c1-12(10-13-4-7-15(21)8-5-13)19-16-11-14(18)6-9-17(16)20(2)3/h4-9,11-12,19,21H,10H2,1-3H3. The molecule has 112 valence electrons. The predicted octanol–water partition coefficient (Wildman–Crippen LogP) is 4.15. The van der Waals surface area contributed by atoms with E-state index in [4.69, 9.17) is 11.6 Å². The van der Waals surface area contributed by atoms with Gasteiger partial charge in [-0.3, -0.25) is 0 Å². The average Bonchev–Trinajstić information content (AvgIpc) is 2.41. The molecule has 2 N–H and O–H groups in total. The lowest BCUT2D eigenvalue weighted by Gasteiger charge is -2.22. The Kier molecular flexibility index (Phi) is 4.97. The van der Waals surface area contributed by atoms with E-state index in [1.54, 1.807) is 12.1 Å². The summed E-state index contributed by atoms with van der Waals surface area (Å²) in [5, 5.41) is 13.5. The molecule has 0 amide bonds. The molecule has 21 heavy (non-hydrogen) atoms. The van der Waals surface area contributed by atoms with E-state index in [9.17, 15) is 5.11 Å². The number of phenolic OH excluding ortho intramolecular Hbond substituents is 1. The summed E-state index contributed by atoms with van der Waals surface area (Å²) in [6, 6.07) is 13.4. The molecule has 2 aromatic rings. The molecule has 1 unspecified atom stereocenters. The van der Waals surface area contributed by atoms with Crippen LogP contribution >= 0.6 is 11.6 Å². The molecule has 0 bridgehead atoms. The number of hydrogen-bond donors (Lipinski definition) is 2. The van der Waals surface area contributed by atoms with Gasteiger partial charge in [-0.05, 0) is 49.2 Å². The lowest BCUT2D eigenvalue weighted by molar-refractivity contribution is 0.475. The van der Waals surface area contributed by atoms with Crippen LogP contribution in [0.15, 0.2) is 42.5 Å². The molecule has 2 rings (SSSR count). The SMILES string of the molecule is CC(Cc1ccc(O)cc1)Nc1cc(Cl)ccc1N(C)C. The number of nitrogens with zero attached hydrogens (tertiary/aromatic N) is 1. The number of aromatic hydroxyl groups is 1. The summed E-state index contributed by atoms with van der Waals surface area (Å²) in [6.07, 6.45) is 0.875. The van der Waals surface area contributed by atoms with E-state index in [0.717, 1.165) is 22.8 Å². The maximum atomic E-state index is 9.32. The van der Waals surface area contributed by atoms with Crippen LogP contribution in [-0.2, 0) is 6.42 Å². The first kappa shape index (κ1) is 15.5. The molecule has 0 aromatic heterocycles. The number of rotatable bonds is 5. The average molecular weight is 305 g/mol. The molecule has 0 spiro atoms. The fourth-order valence-electron chi connectivity index (χ4n) is 2.32. The van der Waals surface area contributed by atoms with Crippen LogP contribution in [0.5, 0.6) is 5.75 Å². The number of benzene rings is 2. The van der Waals surface area contributed by atoms with E-state index >= 15 is 0 Å². The molecule has 0 radical (unpaired) electrons. The Hall–Kier alpha value is -1.87. The van der Waals surface area contributed by atoms with Gasteiger partial charge in [-0.2, -0.15) is 0 Å². The van der Waals surface area contributed by atoms with Gasteiger partial charge in [0.2, 0.25) is 0 Å². The van der Waals surface area contributed by atoms with Crippen LogP contribution in [0.2, 0.25) is 5.02 Å². The first-order valence-electron chi connectivity index (χ1n) is 6.97. The van der Waals surface area contributed by atoms with Crippen molar-refractivity contribution in [2.45, 2.75) is 19.4 Å². The lowest BCUT2D eigenvalue weighted by atomic mass is 10.1. The van der Waals surface area contributed by atoms with Crippen molar-refractivity contribution < 1.29 is 5.11 Å². The largest absolute Gasteiger partial charge is 0.508 e. The topological polar surface area (TPSA) is 35.5 Å². The molecule has 2 aromatic carbocycles. The maximum absolute atomic E-state index is 9.32. The monoisotopic (exact) mass is 304 g/mol. The van der Waals surface area contributed by atoms with Crippen LogP contribution in [0.25, 0.3) is 0 Å². The van der Waals surface area contributed by atoms with Gasteiger partial charge >= 0.3 is 0 Å². The lowest BCUT2D eigenvalue weighted by Crippen LogP contribution is -2.20. The number of halogens is 1. The Morgan fingerprint density at radius 1 is 1.14 bits per heavy atom. The van der Waals surface area contributed by atoms with E-state index in [1.165, 1.54) is 5.56 Å².